The number of nitrogens with two attached hydrogens (primary N) is 1. The second-order valence-corrected chi connectivity index (χ2v) is 4.31. The zero-order valence-corrected chi connectivity index (χ0v) is 9.50. The summed E-state index contributed by atoms with van der Waals surface area (Å²) in [5.74, 6) is -1.39. The zero-order valence-electron chi connectivity index (χ0n) is 8.68. The number of aromatic carboxylic acids is 1. The van der Waals surface area contributed by atoms with Gasteiger partial charge in [0.2, 0.25) is 0 Å². The molecule has 88 valence electrons. The molecule has 0 atom stereocenters. The van der Waals surface area contributed by atoms with E-state index in [9.17, 15) is 9.18 Å². The Balaban J connectivity index is 2.46. The number of rotatable bonds is 3. The number of carbonyl (C=O) groups is 1. The number of aromatic nitrogens is 1. The molecule has 0 saturated heterocycles. The molecule has 0 radical (unpaired) electrons. The highest BCUT2D eigenvalue weighted by Gasteiger charge is 2.16. The van der Waals surface area contributed by atoms with Gasteiger partial charge < -0.3 is 10.8 Å². The molecule has 2 rings (SSSR count). The van der Waals surface area contributed by atoms with E-state index < -0.39 is 5.97 Å². The van der Waals surface area contributed by atoms with Crippen molar-refractivity contribution in [2.45, 2.75) is 6.54 Å². The third kappa shape index (κ3) is 2.32. The SMILES string of the molecule is NCc1nc(-c2ccc(F)cc2)sc1C(=O)O. The molecule has 2 aromatic rings. The van der Waals surface area contributed by atoms with Gasteiger partial charge in [0.25, 0.3) is 0 Å². The summed E-state index contributed by atoms with van der Waals surface area (Å²) in [4.78, 5) is 15.2. The fourth-order valence-corrected chi connectivity index (χ4v) is 2.31. The minimum Gasteiger partial charge on any atom is -0.477 e. The molecule has 17 heavy (non-hydrogen) atoms. The predicted molar refractivity (Wildman–Crippen MR) is 62.4 cm³/mol. The van der Waals surface area contributed by atoms with Gasteiger partial charge in [-0.1, -0.05) is 0 Å². The average molecular weight is 252 g/mol. The molecule has 0 aliphatic carbocycles. The highest BCUT2D eigenvalue weighted by molar-refractivity contribution is 7.17. The summed E-state index contributed by atoms with van der Waals surface area (Å²) >= 11 is 1.04. The standard InChI is InChI=1S/C11H9FN2O2S/c12-7-3-1-6(2-4-7)10-14-8(5-13)9(17-10)11(15)16/h1-4H,5,13H2,(H,15,16). The van der Waals surface area contributed by atoms with Crippen LogP contribution in [0.4, 0.5) is 4.39 Å². The van der Waals surface area contributed by atoms with E-state index in [4.69, 9.17) is 10.8 Å². The minimum atomic E-state index is -1.05. The third-order valence-electron chi connectivity index (χ3n) is 2.18. The number of thiazole rings is 1. The maximum Gasteiger partial charge on any atom is 0.347 e. The Hall–Kier alpha value is -1.79. The van der Waals surface area contributed by atoms with Gasteiger partial charge in [-0.05, 0) is 24.3 Å². The number of nitrogens with zero attached hydrogens (tertiary/aromatic N) is 1. The van der Waals surface area contributed by atoms with E-state index in [1.165, 1.54) is 12.1 Å². The first kappa shape index (κ1) is 11.7. The van der Waals surface area contributed by atoms with Gasteiger partial charge in [-0.3, -0.25) is 0 Å². The van der Waals surface area contributed by atoms with E-state index in [0.717, 1.165) is 11.3 Å². The number of carboxylic acids is 1. The fourth-order valence-electron chi connectivity index (χ4n) is 1.37. The molecule has 3 N–H and O–H groups in total. The van der Waals surface area contributed by atoms with E-state index in [2.05, 4.69) is 4.98 Å². The number of hydrogen-bond donors (Lipinski definition) is 2. The Morgan fingerprint density at radius 1 is 1.41 bits per heavy atom. The van der Waals surface area contributed by atoms with Gasteiger partial charge in [0.15, 0.2) is 0 Å². The molecule has 0 spiro atoms. The minimum absolute atomic E-state index is 0.0688. The van der Waals surface area contributed by atoms with Crippen molar-refractivity contribution in [2.24, 2.45) is 5.73 Å². The zero-order chi connectivity index (χ0) is 12.4. The van der Waals surface area contributed by atoms with Crippen LogP contribution in [0.3, 0.4) is 0 Å². The smallest absolute Gasteiger partial charge is 0.347 e. The van der Waals surface area contributed by atoms with Gasteiger partial charge in [0.1, 0.15) is 15.7 Å². The first-order valence-corrected chi connectivity index (χ1v) is 5.62. The van der Waals surface area contributed by atoms with Crippen molar-refractivity contribution in [3.05, 3.63) is 40.7 Å². The lowest BCUT2D eigenvalue weighted by molar-refractivity contribution is 0.0700. The van der Waals surface area contributed by atoms with E-state index >= 15 is 0 Å². The lowest BCUT2D eigenvalue weighted by Crippen LogP contribution is -2.04. The Kier molecular flexibility index (Phi) is 3.16. The number of hydrogen-bond acceptors (Lipinski definition) is 4. The van der Waals surface area contributed by atoms with Gasteiger partial charge in [0, 0.05) is 12.1 Å². The van der Waals surface area contributed by atoms with Gasteiger partial charge >= 0.3 is 5.97 Å². The van der Waals surface area contributed by atoms with Crippen molar-refractivity contribution in [3.63, 3.8) is 0 Å². The Morgan fingerprint density at radius 3 is 2.53 bits per heavy atom. The van der Waals surface area contributed by atoms with Crippen LogP contribution in [0.1, 0.15) is 15.4 Å². The molecule has 0 fully saturated rings. The van der Waals surface area contributed by atoms with Gasteiger partial charge in [0.05, 0.1) is 5.69 Å². The van der Waals surface area contributed by atoms with Crippen molar-refractivity contribution >= 4 is 17.3 Å². The van der Waals surface area contributed by atoms with Crippen molar-refractivity contribution in [2.75, 3.05) is 0 Å². The Labute approximate surface area is 101 Å². The summed E-state index contributed by atoms with van der Waals surface area (Å²) in [7, 11) is 0. The van der Waals surface area contributed by atoms with Crippen molar-refractivity contribution in [1.82, 2.24) is 4.98 Å². The molecule has 1 aromatic carbocycles. The van der Waals surface area contributed by atoms with Crippen LogP contribution in [-0.2, 0) is 6.54 Å². The van der Waals surface area contributed by atoms with Crippen LogP contribution in [0.25, 0.3) is 10.6 Å². The van der Waals surface area contributed by atoms with Crippen LogP contribution in [0.15, 0.2) is 24.3 Å². The summed E-state index contributed by atoms with van der Waals surface area (Å²) in [5.41, 5.74) is 6.45. The van der Waals surface area contributed by atoms with Crippen LogP contribution >= 0.6 is 11.3 Å². The van der Waals surface area contributed by atoms with E-state index in [0.29, 0.717) is 16.3 Å². The molecule has 0 unspecified atom stereocenters. The molecule has 0 aliphatic rings. The van der Waals surface area contributed by atoms with Crippen molar-refractivity contribution in [3.8, 4) is 10.6 Å². The summed E-state index contributed by atoms with van der Waals surface area (Å²) in [6, 6.07) is 5.72. The lowest BCUT2D eigenvalue weighted by atomic mass is 10.2. The molecule has 1 aromatic heterocycles. The second-order valence-electron chi connectivity index (χ2n) is 3.31. The third-order valence-corrected chi connectivity index (χ3v) is 3.31. The summed E-state index contributed by atoms with van der Waals surface area (Å²) < 4.78 is 12.8. The quantitative estimate of drug-likeness (QED) is 0.877. The molecule has 0 bridgehead atoms. The number of halogens is 1. The van der Waals surface area contributed by atoms with Gasteiger partial charge in [-0.15, -0.1) is 11.3 Å². The molecular weight excluding hydrogens is 243 g/mol. The first-order valence-electron chi connectivity index (χ1n) is 4.81. The van der Waals surface area contributed by atoms with E-state index in [1.807, 2.05) is 0 Å². The number of benzene rings is 1. The Morgan fingerprint density at radius 2 is 2.06 bits per heavy atom. The average Bonchev–Trinajstić information content (AvgIpc) is 2.74. The predicted octanol–water partition coefficient (Wildman–Crippen LogP) is 2.11. The topological polar surface area (TPSA) is 76.2 Å². The summed E-state index contributed by atoms with van der Waals surface area (Å²) in [6.07, 6.45) is 0. The molecule has 1 heterocycles. The monoisotopic (exact) mass is 252 g/mol. The van der Waals surface area contributed by atoms with Crippen LogP contribution in [-0.4, -0.2) is 16.1 Å². The molecular formula is C11H9FN2O2S. The maximum absolute atomic E-state index is 12.8. The highest BCUT2D eigenvalue weighted by atomic mass is 32.1. The van der Waals surface area contributed by atoms with Crippen molar-refractivity contribution in [1.29, 1.82) is 0 Å². The summed E-state index contributed by atoms with van der Waals surface area (Å²) in [5, 5.41) is 9.49. The lowest BCUT2D eigenvalue weighted by Gasteiger charge is -1.94. The van der Waals surface area contributed by atoms with E-state index in [-0.39, 0.29) is 17.2 Å². The normalized spacial score (nSPS) is 10.5. The van der Waals surface area contributed by atoms with Gasteiger partial charge in [-0.2, -0.15) is 0 Å². The van der Waals surface area contributed by atoms with Gasteiger partial charge in [-0.25, -0.2) is 14.2 Å². The molecule has 0 saturated carbocycles. The molecule has 4 nitrogen and oxygen atoms in total. The van der Waals surface area contributed by atoms with E-state index in [1.54, 1.807) is 12.1 Å². The highest BCUT2D eigenvalue weighted by Crippen LogP contribution is 2.28. The first-order chi connectivity index (χ1) is 8.11. The number of carboxylic acid groups (broad SMARTS) is 1. The van der Waals surface area contributed by atoms with Crippen LogP contribution in [0.5, 0.6) is 0 Å². The molecule has 0 aliphatic heterocycles. The van der Waals surface area contributed by atoms with Crippen LogP contribution in [0.2, 0.25) is 0 Å². The van der Waals surface area contributed by atoms with Crippen LogP contribution in [0, 0.1) is 5.82 Å². The fraction of sp³-hybridized carbons (Fsp3) is 0.0909. The Bertz CT molecular complexity index is 551. The second kappa shape index (κ2) is 4.60. The molecule has 0 amide bonds. The molecule has 6 heteroatoms. The maximum atomic E-state index is 12.8. The summed E-state index contributed by atoms with van der Waals surface area (Å²) in [6.45, 7) is 0.0688. The van der Waals surface area contributed by atoms with Crippen molar-refractivity contribution < 1.29 is 14.3 Å². The largest absolute Gasteiger partial charge is 0.477 e. The van der Waals surface area contributed by atoms with Crippen LogP contribution < -0.4 is 5.73 Å².